The molecule has 1 unspecified atom stereocenters. The molecular weight excluding hydrogens is 446 g/mol. The van der Waals surface area contributed by atoms with Crippen LogP contribution in [0.3, 0.4) is 0 Å². The van der Waals surface area contributed by atoms with Crippen molar-refractivity contribution in [2.45, 2.75) is 30.9 Å². The number of amides is 2. The molecular formula is C24H28F2N4O4. The van der Waals surface area contributed by atoms with Crippen LogP contribution in [0, 0.1) is 0 Å². The third-order valence-corrected chi connectivity index (χ3v) is 6.23. The van der Waals surface area contributed by atoms with Gasteiger partial charge >= 0.3 is 0 Å². The van der Waals surface area contributed by atoms with E-state index in [2.05, 4.69) is 16.2 Å². The van der Waals surface area contributed by atoms with E-state index in [0.717, 1.165) is 18.7 Å². The first kappa shape index (κ1) is 24.1. The van der Waals surface area contributed by atoms with Gasteiger partial charge in [-0.25, -0.2) is 8.78 Å². The molecule has 0 aliphatic carbocycles. The normalized spacial score (nSPS) is 20.7. The van der Waals surface area contributed by atoms with Gasteiger partial charge in [-0.15, -0.1) is 0 Å². The molecule has 8 nitrogen and oxygen atoms in total. The molecule has 182 valence electrons. The number of alkyl halides is 2. The lowest BCUT2D eigenvalue weighted by Crippen LogP contribution is -2.32. The molecule has 2 aromatic carbocycles. The highest BCUT2D eigenvalue weighted by molar-refractivity contribution is 5.96. The number of rotatable bonds is 7. The molecule has 2 atom stereocenters. The van der Waals surface area contributed by atoms with Crippen LogP contribution in [0.4, 0.5) is 8.78 Å². The summed E-state index contributed by atoms with van der Waals surface area (Å²) in [5, 5.41) is 12.5. The Kier molecular flexibility index (Phi) is 7.40. The summed E-state index contributed by atoms with van der Waals surface area (Å²) in [4.78, 5) is 27.3. The fourth-order valence-corrected chi connectivity index (χ4v) is 4.54. The monoisotopic (exact) mass is 474 g/mol. The zero-order valence-corrected chi connectivity index (χ0v) is 18.8. The molecule has 2 aliphatic rings. The number of carbonyl (C=O) groups is 2. The summed E-state index contributed by atoms with van der Waals surface area (Å²) in [5.74, 6) is -0.0359. The van der Waals surface area contributed by atoms with Crippen LogP contribution in [-0.4, -0.2) is 67.6 Å². The molecule has 2 amide bonds. The topological polar surface area (TPSA) is 103 Å². The molecule has 2 heterocycles. The van der Waals surface area contributed by atoms with E-state index in [1.165, 1.54) is 6.07 Å². The van der Waals surface area contributed by atoms with Gasteiger partial charge in [0.1, 0.15) is 5.75 Å². The van der Waals surface area contributed by atoms with Gasteiger partial charge in [0.05, 0.1) is 25.8 Å². The van der Waals surface area contributed by atoms with E-state index in [1.54, 1.807) is 42.3 Å². The van der Waals surface area contributed by atoms with Gasteiger partial charge in [-0.05, 0) is 41.8 Å². The van der Waals surface area contributed by atoms with Crippen LogP contribution in [0.15, 0.2) is 42.5 Å². The lowest BCUT2D eigenvalue weighted by atomic mass is 9.97. The molecule has 0 radical (unpaired) electrons. The van der Waals surface area contributed by atoms with Gasteiger partial charge in [0.25, 0.3) is 18.2 Å². The van der Waals surface area contributed by atoms with Crippen molar-refractivity contribution in [1.82, 2.24) is 21.1 Å². The van der Waals surface area contributed by atoms with Gasteiger partial charge in [-0.3, -0.25) is 20.4 Å². The quantitative estimate of drug-likeness (QED) is 0.488. The maximum Gasteiger partial charge on any atom is 0.255 e. The predicted molar refractivity (Wildman–Crippen MR) is 121 cm³/mol. The number of β-amino-alcohol motifs (C(OH)–C–C–N with tert-alkyl or cyclic N) is 1. The summed E-state index contributed by atoms with van der Waals surface area (Å²) in [7, 11) is 1.57. The summed E-state index contributed by atoms with van der Waals surface area (Å²) in [6.07, 6.45) is -3.06. The summed E-state index contributed by atoms with van der Waals surface area (Å²) in [6.45, 7) is 0.920. The fraction of sp³-hybridized carbons (Fsp3) is 0.417. The standard InChI is InChI=1S/C24H28F2N4O4/c1-34-21-8-16(5-6-19(21)17-10-28-29-11-17)24(33)30-13-18(31)9-20(30)14-3-2-4-15(7-14)23(32)27-12-22(25)26/h2-8,17-18,20,22,28-29,31H,9-13H2,1H3,(H,27,32)/t18?,20-/m1/s1. The van der Waals surface area contributed by atoms with Crippen LogP contribution in [0.2, 0.25) is 0 Å². The van der Waals surface area contributed by atoms with Gasteiger partial charge in [-0.1, -0.05) is 18.2 Å². The first-order chi connectivity index (χ1) is 16.4. The smallest absolute Gasteiger partial charge is 0.255 e. The van der Waals surface area contributed by atoms with Crippen molar-refractivity contribution >= 4 is 11.8 Å². The maximum atomic E-state index is 13.4. The number of benzene rings is 2. The molecule has 2 aromatic rings. The summed E-state index contributed by atoms with van der Waals surface area (Å²) >= 11 is 0. The predicted octanol–water partition coefficient (Wildman–Crippen LogP) is 1.83. The zero-order chi connectivity index (χ0) is 24.2. The number of aliphatic hydroxyl groups is 1. The summed E-state index contributed by atoms with van der Waals surface area (Å²) in [6, 6.07) is 11.4. The molecule has 0 bridgehead atoms. The Hall–Kier alpha value is -3.08. The van der Waals surface area contributed by atoms with E-state index in [0.29, 0.717) is 23.3 Å². The Morgan fingerprint density at radius 1 is 1.18 bits per heavy atom. The minimum atomic E-state index is -2.64. The van der Waals surface area contributed by atoms with Gasteiger partial charge in [-0.2, -0.15) is 0 Å². The Balaban J connectivity index is 1.56. The number of ether oxygens (including phenoxy) is 1. The highest BCUT2D eigenvalue weighted by Gasteiger charge is 2.36. The highest BCUT2D eigenvalue weighted by atomic mass is 19.3. The first-order valence-corrected chi connectivity index (χ1v) is 11.2. The van der Waals surface area contributed by atoms with Crippen LogP contribution in [-0.2, 0) is 0 Å². The Labute approximate surface area is 196 Å². The van der Waals surface area contributed by atoms with E-state index >= 15 is 0 Å². The number of hydrogen-bond acceptors (Lipinski definition) is 6. The maximum absolute atomic E-state index is 13.4. The van der Waals surface area contributed by atoms with Crippen molar-refractivity contribution < 1.29 is 28.2 Å². The molecule has 10 heteroatoms. The van der Waals surface area contributed by atoms with Crippen molar-refractivity contribution in [1.29, 1.82) is 0 Å². The molecule has 2 aliphatic heterocycles. The van der Waals surface area contributed by atoms with E-state index in [9.17, 15) is 23.5 Å². The Morgan fingerprint density at radius 3 is 2.65 bits per heavy atom. The van der Waals surface area contributed by atoms with Crippen LogP contribution in [0.25, 0.3) is 0 Å². The van der Waals surface area contributed by atoms with E-state index in [1.807, 2.05) is 6.07 Å². The third kappa shape index (κ3) is 5.19. The van der Waals surface area contributed by atoms with Crippen LogP contribution < -0.4 is 20.9 Å². The number of carbonyl (C=O) groups excluding carboxylic acids is 2. The van der Waals surface area contributed by atoms with E-state index in [-0.39, 0.29) is 23.9 Å². The average Bonchev–Trinajstić information content (AvgIpc) is 3.51. The van der Waals surface area contributed by atoms with Gasteiger partial charge in [0.15, 0.2) is 0 Å². The summed E-state index contributed by atoms with van der Waals surface area (Å²) in [5.41, 5.74) is 8.47. The number of likely N-dealkylation sites (tertiary alicyclic amines) is 1. The number of aliphatic hydroxyl groups excluding tert-OH is 1. The molecule has 2 saturated heterocycles. The van der Waals surface area contributed by atoms with Gasteiger partial charge in [0, 0.05) is 36.7 Å². The minimum absolute atomic E-state index is 0.145. The number of hydrazine groups is 1. The Bertz CT molecular complexity index is 1050. The zero-order valence-electron chi connectivity index (χ0n) is 18.8. The molecule has 4 rings (SSSR count). The SMILES string of the molecule is COc1cc(C(=O)N2CC(O)C[C@@H]2c2cccc(C(=O)NCC(F)F)c2)ccc1C1CNNC1. The molecule has 2 fully saturated rings. The van der Waals surface area contributed by atoms with E-state index < -0.39 is 31.0 Å². The lowest BCUT2D eigenvalue weighted by molar-refractivity contribution is 0.0715. The van der Waals surface area contributed by atoms with Crippen molar-refractivity contribution in [2.24, 2.45) is 0 Å². The lowest BCUT2D eigenvalue weighted by Gasteiger charge is -2.26. The first-order valence-electron chi connectivity index (χ1n) is 11.2. The molecule has 34 heavy (non-hydrogen) atoms. The second-order valence-corrected chi connectivity index (χ2v) is 8.50. The van der Waals surface area contributed by atoms with Crippen molar-refractivity contribution in [2.75, 3.05) is 33.3 Å². The van der Waals surface area contributed by atoms with Crippen molar-refractivity contribution in [3.8, 4) is 5.75 Å². The second-order valence-electron chi connectivity index (χ2n) is 8.50. The van der Waals surface area contributed by atoms with Crippen LogP contribution in [0.5, 0.6) is 5.75 Å². The van der Waals surface area contributed by atoms with Gasteiger partial charge < -0.3 is 20.1 Å². The highest BCUT2D eigenvalue weighted by Crippen LogP contribution is 2.35. The number of methoxy groups -OCH3 is 1. The average molecular weight is 475 g/mol. The van der Waals surface area contributed by atoms with Gasteiger partial charge in [0.2, 0.25) is 0 Å². The number of nitrogens with zero attached hydrogens (tertiary/aromatic N) is 1. The number of hydrogen-bond donors (Lipinski definition) is 4. The third-order valence-electron chi connectivity index (χ3n) is 6.23. The molecule has 0 spiro atoms. The molecule has 0 saturated carbocycles. The number of halogens is 2. The van der Waals surface area contributed by atoms with Crippen molar-refractivity contribution in [3.05, 3.63) is 64.7 Å². The number of nitrogens with one attached hydrogen (secondary N) is 3. The van der Waals surface area contributed by atoms with Crippen LogP contribution in [0.1, 0.15) is 50.2 Å². The van der Waals surface area contributed by atoms with E-state index in [4.69, 9.17) is 4.74 Å². The molecule has 4 N–H and O–H groups in total. The second kappa shape index (κ2) is 10.5. The molecule has 0 aromatic heterocycles. The minimum Gasteiger partial charge on any atom is -0.496 e. The Morgan fingerprint density at radius 2 is 1.94 bits per heavy atom. The van der Waals surface area contributed by atoms with Crippen LogP contribution >= 0.6 is 0 Å². The summed E-state index contributed by atoms with van der Waals surface area (Å²) < 4.78 is 30.4. The fourth-order valence-electron chi connectivity index (χ4n) is 4.54. The van der Waals surface area contributed by atoms with Crippen molar-refractivity contribution in [3.63, 3.8) is 0 Å². The largest absolute Gasteiger partial charge is 0.496 e.